The third-order valence-corrected chi connectivity index (χ3v) is 6.04. The first-order chi connectivity index (χ1) is 13.7. The molecule has 0 aliphatic heterocycles. The third-order valence-electron chi connectivity index (χ3n) is 4.38. The topological polar surface area (TPSA) is 59.8 Å². The lowest BCUT2D eigenvalue weighted by Crippen LogP contribution is -2.15. The summed E-state index contributed by atoms with van der Waals surface area (Å²) in [6.07, 6.45) is 1.66. The quantitative estimate of drug-likeness (QED) is 0.447. The number of benzene rings is 1. The van der Waals surface area contributed by atoms with E-state index in [0.717, 1.165) is 17.0 Å². The fraction of sp³-hybridized carbons (Fsp3) is 0.190. The van der Waals surface area contributed by atoms with Gasteiger partial charge < -0.3 is 5.32 Å². The minimum absolute atomic E-state index is 0.216. The summed E-state index contributed by atoms with van der Waals surface area (Å²) in [5.74, 6) is 0.320. The van der Waals surface area contributed by atoms with Gasteiger partial charge in [0.1, 0.15) is 16.5 Å². The number of fused-ring (bicyclic) bond motifs is 1. The zero-order chi connectivity index (χ0) is 20.8. The van der Waals surface area contributed by atoms with E-state index in [0.29, 0.717) is 31.6 Å². The van der Waals surface area contributed by atoms with Crippen LogP contribution in [0, 0.1) is 5.82 Å². The second kappa shape index (κ2) is 7.24. The number of nitrogens with zero attached hydrogens (tertiary/aromatic N) is 3. The van der Waals surface area contributed by atoms with E-state index in [2.05, 4.69) is 15.4 Å². The number of carbonyl (C=O) groups excluding carboxylic acids is 1. The first-order valence-corrected chi connectivity index (χ1v) is 10.1. The summed E-state index contributed by atoms with van der Waals surface area (Å²) < 4.78 is 15.7. The predicted octanol–water partition coefficient (Wildman–Crippen LogP) is 5.82. The molecule has 4 rings (SSSR count). The van der Waals surface area contributed by atoms with E-state index in [1.165, 1.54) is 12.1 Å². The Morgan fingerprint density at radius 1 is 1.21 bits per heavy atom. The van der Waals surface area contributed by atoms with Crippen LogP contribution in [0.4, 0.5) is 10.2 Å². The highest BCUT2D eigenvalue weighted by molar-refractivity contribution is 7.21. The van der Waals surface area contributed by atoms with Crippen LogP contribution in [-0.4, -0.2) is 20.7 Å². The summed E-state index contributed by atoms with van der Waals surface area (Å²) in [6.45, 7) is 6.13. The van der Waals surface area contributed by atoms with E-state index >= 15 is 0 Å². The van der Waals surface area contributed by atoms with Crippen molar-refractivity contribution in [3.63, 3.8) is 0 Å². The molecule has 1 aromatic carbocycles. The average Bonchev–Trinajstić information content (AvgIpc) is 3.24. The van der Waals surface area contributed by atoms with E-state index in [-0.39, 0.29) is 17.1 Å². The fourth-order valence-corrected chi connectivity index (χ4v) is 4.29. The number of hydrogen-bond acceptors (Lipinski definition) is 4. The number of anilines is 1. The Bertz CT molecular complexity index is 1210. The molecule has 0 unspecified atom stereocenters. The highest BCUT2D eigenvalue weighted by atomic mass is 35.5. The number of rotatable bonds is 3. The standard InChI is InChI=1S/C21H18ClFN4OS/c1-21(2,3)15-11-17(27(26-15)16-6-4-5-9-24-16)25-20(28)19-18(22)13-8-7-12(23)10-14(13)29-19/h4-11H,1-3H3,(H,25,28). The van der Waals surface area contributed by atoms with Crippen molar-refractivity contribution in [2.45, 2.75) is 26.2 Å². The van der Waals surface area contributed by atoms with Crippen molar-refractivity contribution >= 4 is 44.7 Å². The molecule has 29 heavy (non-hydrogen) atoms. The van der Waals surface area contributed by atoms with Crippen molar-refractivity contribution < 1.29 is 9.18 Å². The molecule has 8 heteroatoms. The lowest BCUT2D eigenvalue weighted by molar-refractivity contribution is 0.103. The van der Waals surface area contributed by atoms with E-state index in [9.17, 15) is 9.18 Å². The molecule has 5 nitrogen and oxygen atoms in total. The molecule has 0 bridgehead atoms. The third kappa shape index (κ3) is 3.75. The molecule has 3 heterocycles. The predicted molar refractivity (Wildman–Crippen MR) is 115 cm³/mol. The zero-order valence-electron chi connectivity index (χ0n) is 16.0. The normalized spacial score (nSPS) is 11.8. The van der Waals surface area contributed by atoms with E-state index in [4.69, 9.17) is 11.6 Å². The molecule has 0 atom stereocenters. The fourth-order valence-electron chi connectivity index (χ4n) is 2.85. The van der Waals surface area contributed by atoms with Crippen LogP contribution in [-0.2, 0) is 5.41 Å². The highest BCUT2D eigenvalue weighted by Crippen LogP contribution is 2.36. The van der Waals surface area contributed by atoms with Gasteiger partial charge in [-0.25, -0.2) is 9.37 Å². The van der Waals surface area contributed by atoms with E-state index in [1.54, 1.807) is 16.9 Å². The first kappa shape index (κ1) is 19.5. The summed E-state index contributed by atoms with van der Waals surface area (Å²) in [5.41, 5.74) is 0.592. The van der Waals surface area contributed by atoms with Crippen LogP contribution in [0.1, 0.15) is 36.1 Å². The Morgan fingerprint density at radius 2 is 2.00 bits per heavy atom. The van der Waals surface area contributed by atoms with Crippen molar-refractivity contribution in [2.75, 3.05) is 5.32 Å². The molecule has 148 valence electrons. The molecular weight excluding hydrogens is 411 g/mol. The van der Waals surface area contributed by atoms with Crippen LogP contribution in [0.5, 0.6) is 0 Å². The number of aromatic nitrogens is 3. The van der Waals surface area contributed by atoms with Crippen molar-refractivity contribution in [2.24, 2.45) is 0 Å². The second-order valence-corrected chi connectivity index (χ2v) is 9.03. The van der Waals surface area contributed by atoms with Gasteiger partial charge in [-0.2, -0.15) is 9.78 Å². The summed E-state index contributed by atoms with van der Waals surface area (Å²) >= 11 is 7.55. The molecule has 4 aromatic rings. The van der Waals surface area contributed by atoms with E-state index in [1.807, 2.05) is 45.0 Å². The molecule has 1 N–H and O–H groups in total. The van der Waals surface area contributed by atoms with Crippen LogP contribution >= 0.6 is 22.9 Å². The Morgan fingerprint density at radius 3 is 2.69 bits per heavy atom. The lowest BCUT2D eigenvalue weighted by atomic mass is 9.92. The van der Waals surface area contributed by atoms with Gasteiger partial charge in [0, 0.05) is 27.8 Å². The molecule has 1 amide bonds. The van der Waals surface area contributed by atoms with Crippen LogP contribution in [0.15, 0.2) is 48.7 Å². The molecule has 0 spiro atoms. The highest BCUT2D eigenvalue weighted by Gasteiger charge is 2.24. The van der Waals surface area contributed by atoms with Gasteiger partial charge >= 0.3 is 0 Å². The Kier molecular flexibility index (Phi) is 4.88. The number of halogens is 2. The summed E-state index contributed by atoms with van der Waals surface area (Å²) in [5, 5.41) is 8.48. The van der Waals surface area contributed by atoms with Gasteiger partial charge in [-0.1, -0.05) is 38.4 Å². The average molecular weight is 429 g/mol. The molecule has 0 aliphatic rings. The van der Waals surface area contributed by atoms with Gasteiger partial charge in [0.05, 0.1) is 10.7 Å². The van der Waals surface area contributed by atoms with Crippen molar-refractivity contribution in [1.29, 1.82) is 0 Å². The number of hydrogen-bond donors (Lipinski definition) is 1. The van der Waals surface area contributed by atoms with Gasteiger partial charge in [0.25, 0.3) is 5.91 Å². The number of nitrogens with one attached hydrogen (secondary N) is 1. The molecular formula is C21H18ClFN4OS. The SMILES string of the molecule is CC(C)(C)c1cc(NC(=O)c2sc3cc(F)ccc3c2Cl)n(-c2ccccn2)n1. The number of carbonyl (C=O) groups is 1. The monoisotopic (exact) mass is 428 g/mol. The van der Waals surface area contributed by atoms with Gasteiger partial charge in [-0.3, -0.25) is 4.79 Å². The molecule has 0 fully saturated rings. The summed E-state index contributed by atoms with van der Waals surface area (Å²) in [7, 11) is 0. The minimum Gasteiger partial charge on any atom is -0.306 e. The van der Waals surface area contributed by atoms with Crippen LogP contribution < -0.4 is 5.32 Å². The van der Waals surface area contributed by atoms with Gasteiger partial charge in [-0.05, 0) is 30.3 Å². The molecule has 0 saturated carbocycles. The summed E-state index contributed by atoms with van der Waals surface area (Å²) in [4.78, 5) is 17.6. The zero-order valence-corrected chi connectivity index (χ0v) is 17.6. The maximum absolute atomic E-state index is 13.5. The van der Waals surface area contributed by atoms with E-state index < -0.39 is 0 Å². The molecule has 0 saturated heterocycles. The summed E-state index contributed by atoms with van der Waals surface area (Å²) in [6, 6.07) is 11.6. The molecule has 0 radical (unpaired) electrons. The van der Waals surface area contributed by atoms with Crippen molar-refractivity contribution in [3.8, 4) is 5.82 Å². The second-order valence-electron chi connectivity index (χ2n) is 7.60. The first-order valence-electron chi connectivity index (χ1n) is 8.95. The molecule has 0 aliphatic carbocycles. The van der Waals surface area contributed by atoms with Crippen molar-refractivity contribution in [3.05, 3.63) is 70.1 Å². The Labute approximate surface area is 176 Å². The maximum Gasteiger partial charge on any atom is 0.268 e. The number of thiophene rings is 1. The van der Waals surface area contributed by atoms with Gasteiger partial charge in [0.15, 0.2) is 5.82 Å². The van der Waals surface area contributed by atoms with Crippen LogP contribution in [0.25, 0.3) is 15.9 Å². The van der Waals surface area contributed by atoms with Crippen LogP contribution in [0.3, 0.4) is 0 Å². The largest absolute Gasteiger partial charge is 0.306 e. The van der Waals surface area contributed by atoms with Gasteiger partial charge in [-0.15, -0.1) is 11.3 Å². The Hall–Kier alpha value is -2.77. The maximum atomic E-state index is 13.5. The number of amides is 1. The lowest BCUT2D eigenvalue weighted by Gasteiger charge is -2.13. The smallest absolute Gasteiger partial charge is 0.268 e. The van der Waals surface area contributed by atoms with Crippen LogP contribution in [0.2, 0.25) is 5.02 Å². The minimum atomic E-state index is -0.380. The molecule has 3 aromatic heterocycles. The van der Waals surface area contributed by atoms with Crippen molar-refractivity contribution in [1.82, 2.24) is 14.8 Å². The Balaban J connectivity index is 1.75. The number of pyridine rings is 1. The van der Waals surface area contributed by atoms with Gasteiger partial charge in [0.2, 0.25) is 0 Å².